The Morgan fingerprint density at radius 1 is 0.654 bits per heavy atom. The molecule has 2 unspecified atom stereocenters. The zero-order valence-corrected chi connectivity index (χ0v) is 31.6. The molecular formula is C35H52Cl2N4O9S2. The van der Waals surface area contributed by atoms with Crippen LogP contribution in [0, 0.1) is 11.8 Å². The van der Waals surface area contributed by atoms with E-state index in [4.69, 9.17) is 33.4 Å². The van der Waals surface area contributed by atoms with Crippen LogP contribution in [0.4, 0.5) is 0 Å². The van der Waals surface area contributed by atoms with E-state index < -0.39 is 31.9 Å². The molecule has 4 saturated heterocycles. The van der Waals surface area contributed by atoms with Gasteiger partial charge in [-0.05, 0) is 88.7 Å². The summed E-state index contributed by atoms with van der Waals surface area (Å²) in [6.07, 6.45) is 5.04. The highest BCUT2D eigenvalue weighted by atomic mass is 35.5. The molecule has 6 rings (SSSR count). The lowest BCUT2D eigenvalue weighted by molar-refractivity contribution is -0.143. The Kier molecular flexibility index (Phi) is 17.3. The summed E-state index contributed by atoms with van der Waals surface area (Å²) in [6, 6.07) is 12.6. The lowest BCUT2D eigenvalue weighted by Gasteiger charge is -2.36. The van der Waals surface area contributed by atoms with Gasteiger partial charge in [0, 0.05) is 39.3 Å². The molecule has 292 valence electrons. The summed E-state index contributed by atoms with van der Waals surface area (Å²) < 4.78 is 53.2. The molecule has 2 aromatic rings. The number of likely N-dealkylation sites (tertiary alicyclic amines) is 1. The quantitative estimate of drug-likeness (QED) is 0.334. The topological polar surface area (TPSA) is 185 Å². The number of carboxylic acid groups (broad SMARTS) is 1. The molecule has 17 heteroatoms. The van der Waals surface area contributed by atoms with Crippen LogP contribution >= 0.6 is 23.2 Å². The molecule has 4 aliphatic rings. The number of sulfonamides is 2. The van der Waals surface area contributed by atoms with E-state index in [1.165, 1.54) is 26.8 Å². The number of carbonyl (C=O) groups is 2. The van der Waals surface area contributed by atoms with Crippen LogP contribution in [0.1, 0.15) is 58.8 Å². The van der Waals surface area contributed by atoms with Gasteiger partial charge in [0.15, 0.2) is 0 Å². The maximum atomic E-state index is 12.9. The molecule has 0 spiro atoms. The molecule has 2 aromatic carbocycles. The number of nitrogens with one attached hydrogen (secondary N) is 1. The van der Waals surface area contributed by atoms with Gasteiger partial charge >= 0.3 is 5.97 Å². The third-order valence-electron chi connectivity index (χ3n) is 9.46. The lowest BCUT2D eigenvalue weighted by Crippen LogP contribution is -2.49. The summed E-state index contributed by atoms with van der Waals surface area (Å²) in [5, 5.41) is 31.0. The third kappa shape index (κ3) is 11.8. The predicted octanol–water partition coefficient (Wildman–Crippen LogP) is 3.92. The van der Waals surface area contributed by atoms with Gasteiger partial charge in [-0.25, -0.2) is 16.8 Å². The summed E-state index contributed by atoms with van der Waals surface area (Å²) >= 11 is 12.0. The van der Waals surface area contributed by atoms with Crippen molar-refractivity contribution >= 4 is 55.1 Å². The highest BCUT2D eigenvalue weighted by molar-refractivity contribution is 7.89. The highest BCUT2D eigenvalue weighted by Crippen LogP contribution is 2.30. The maximum Gasteiger partial charge on any atom is 0.307 e. The van der Waals surface area contributed by atoms with Crippen LogP contribution in [0.5, 0.6) is 0 Å². The number of aliphatic hydroxyl groups excluding tert-OH is 2. The molecule has 0 radical (unpaired) electrons. The standard InChI is InChI=1S/C17H23ClN2O4S.C12H14ClNO4S.C5H11NO.CH4/c18-15-5-1-2-6-16(15)25(23,24)20-9-3-4-13(12-20)17(22)19-10-7-14(21)8-11-19;13-10-5-1-2-6-11(10)19(17,18)14-7-3-4-9(8-14)12(15)16;7-5-1-3-6-4-2-5;/h1-2,5-6,13-14,21H,3-4,7-12H2;1-2,5-6,9H,3-4,7-8H2,(H,15,16);5-7H,1-4H2;1H4. The van der Waals surface area contributed by atoms with Crippen LogP contribution in [-0.2, 0) is 29.6 Å². The van der Waals surface area contributed by atoms with Crippen LogP contribution in [-0.4, -0.2) is 122 Å². The Balaban J connectivity index is 0.000000238. The molecule has 13 nitrogen and oxygen atoms in total. The van der Waals surface area contributed by atoms with Crippen LogP contribution in [0.3, 0.4) is 0 Å². The number of hydrogen-bond donors (Lipinski definition) is 4. The van der Waals surface area contributed by atoms with Gasteiger partial charge in [-0.2, -0.15) is 8.61 Å². The second-order valence-electron chi connectivity index (χ2n) is 13.1. The molecule has 4 fully saturated rings. The van der Waals surface area contributed by atoms with Crippen LogP contribution in [0.2, 0.25) is 10.0 Å². The van der Waals surface area contributed by atoms with Crippen molar-refractivity contribution in [3.63, 3.8) is 0 Å². The van der Waals surface area contributed by atoms with Gasteiger partial charge in [-0.15, -0.1) is 0 Å². The number of hydrogen-bond acceptors (Lipinski definition) is 9. The normalized spacial score (nSPS) is 22.5. The number of rotatable bonds is 6. The average molecular weight is 808 g/mol. The fourth-order valence-electron chi connectivity index (χ4n) is 6.46. The predicted molar refractivity (Wildman–Crippen MR) is 200 cm³/mol. The number of halogens is 2. The van der Waals surface area contributed by atoms with Crippen molar-refractivity contribution in [1.82, 2.24) is 18.8 Å². The van der Waals surface area contributed by atoms with Gasteiger partial charge in [-0.3, -0.25) is 9.59 Å². The number of amides is 1. The third-order valence-corrected chi connectivity index (χ3v) is 14.2. The molecule has 0 saturated carbocycles. The minimum absolute atomic E-state index is 0. The first-order valence-corrected chi connectivity index (χ1v) is 20.9. The smallest absolute Gasteiger partial charge is 0.307 e. The fourth-order valence-corrected chi connectivity index (χ4v) is 10.5. The first-order chi connectivity index (χ1) is 24.2. The van der Waals surface area contributed by atoms with Gasteiger partial charge in [0.1, 0.15) is 9.79 Å². The number of piperidine rings is 4. The van der Waals surface area contributed by atoms with Crippen molar-refractivity contribution in [2.45, 2.75) is 80.8 Å². The number of aliphatic hydroxyl groups is 2. The van der Waals surface area contributed by atoms with Gasteiger partial charge in [0.05, 0.1) is 34.1 Å². The number of aliphatic carboxylic acids is 1. The molecule has 0 bridgehead atoms. The van der Waals surface area contributed by atoms with Gasteiger partial charge in [0.2, 0.25) is 26.0 Å². The Labute approximate surface area is 318 Å². The average Bonchev–Trinajstić information content (AvgIpc) is 3.13. The van der Waals surface area contributed by atoms with Crippen molar-refractivity contribution < 1.29 is 41.7 Å². The lowest BCUT2D eigenvalue weighted by atomic mass is 9.96. The van der Waals surface area contributed by atoms with Crippen molar-refractivity contribution in [2.24, 2.45) is 11.8 Å². The van der Waals surface area contributed by atoms with Crippen LogP contribution < -0.4 is 5.32 Å². The molecule has 2 atom stereocenters. The van der Waals surface area contributed by atoms with E-state index >= 15 is 0 Å². The largest absolute Gasteiger partial charge is 0.481 e. The monoisotopic (exact) mass is 806 g/mol. The second-order valence-corrected chi connectivity index (χ2v) is 17.8. The number of nitrogens with zero attached hydrogens (tertiary/aromatic N) is 3. The molecule has 52 heavy (non-hydrogen) atoms. The minimum Gasteiger partial charge on any atom is -0.481 e. The van der Waals surface area contributed by atoms with Crippen molar-refractivity contribution in [3.05, 3.63) is 58.6 Å². The Hall–Kier alpha value is -2.34. The Morgan fingerprint density at radius 2 is 1.08 bits per heavy atom. The first kappa shape index (κ1) is 44.1. The molecular weight excluding hydrogens is 755 g/mol. The number of carbonyl (C=O) groups excluding carboxylic acids is 1. The summed E-state index contributed by atoms with van der Waals surface area (Å²) in [7, 11) is -7.43. The van der Waals surface area contributed by atoms with E-state index in [0.717, 1.165) is 25.9 Å². The zero-order chi connectivity index (χ0) is 37.2. The van der Waals surface area contributed by atoms with E-state index in [9.17, 15) is 31.5 Å². The van der Waals surface area contributed by atoms with Gasteiger partial charge < -0.3 is 25.5 Å². The van der Waals surface area contributed by atoms with Gasteiger partial charge in [0.25, 0.3) is 0 Å². The van der Waals surface area contributed by atoms with Gasteiger partial charge in [-0.1, -0.05) is 54.9 Å². The zero-order valence-electron chi connectivity index (χ0n) is 28.4. The summed E-state index contributed by atoms with van der Waals surface area (Å²) in [6.45, 7) is 3.96. The van der Waals surface area contributed by atoms with Crippen molar-refractivity contribution in [1.29, 1.82) is 0 Å². The number of carboxylic acids is 1. The first-order valence-electron chi connectivity index (χ1n) is 17.3. The maximum absolute atomic E-state index is 12.9. The van der Waals surface area contributed by atoms with E-state index in [2.05, 4.69) is 5.32 Å². The number of benzene rings is 2. The summed E-state index contributed by atoms with van der Waals surface area (Å²) in [4.78, 5) is 25.6. The highest BCUT2D eigenvalue weighted by Gasteiger charge is 2.37. The summed E-state index contributed by atoms with van der Waals surface area (Å²) in [5.41, 5.74) is 0. The molecule has 4 N–H and O–H groups in total. The Morgan fingerprint density at radius 3 is 1.50 bits per heavy atom. The van der Waals surface area contributed by atoms with E-state index in [-0.39, 0.29) is 64.4 Å². The summed E-state index contributed by atoms with van der Waals surface area (Å²) in [5.74, 6) is -1.95. The second kappa shape index (κ2) is 20.4. The molecule has 0 aromatic heterocycles. The van der Waals surface area contributed by atoms with E-state index in [1.807, 2.05) is 0 Å². The van der Waals surface area contributed by atoms with Crippen LogP contribution in [0.25, 0.3) is 0 Å². The van der Waals surface area contributed by atoms with E-state index in [1.54, 1.807) is 35.2 Å². The van der Waals surface area contributed by atoms with Crippen molar-refractivity contribution in [3.8, 4) is 0 Å². The molecule has 4 aliphatic heterocycles. The SMILES string of the molecule is C.O=C(C1CCCN(S(=O)(=O)c2ccccc2Cl)C1)N1CCC(O)CC1.O=C(O)C1CCCN(S(=O)(=O)c2ccccc2Cl)C1.OC1CCNCC1. The van der Waals surface area contributed by atoms with Crippen LogP contribution in [0.15, 0.2) is 58.3 Å². The molecule has 0 aliphatic carbocycles. The minimum atomic E-state index is -3.72. The van der Waals surface area contributed by atoms with E-state index in [0.29, 0.717) is 64.7 Å². The van der Waals surface area contributed by atoms with Crippen molar-refractivity contribution in [2.75, 3.05) is 52.4 Å². The molecule has 1 amide bonds. The molecule has 4 heterocycles. The Bertz CT molecular complexity index is 1690. The fraction of sp³-hybridized carbons (Fsp3) is 0.600.